The van der Waals surface area contributed by atoms with E-state index < -0.39 is 0 Å². The lowest BCUT2D eigenvalue weighted by atomic mass is 9.97. The summed E-state index contributed by atoms with van der Waals surface area (Å²) in [6.45, 7) is 5.30. The molecule has 0 fully saturated rings. The Morgan fingerprint density at radius 1 is 1.29 bits per heavy atom. The smallest absolute Gasteiger partial charge is 0.0598 e. The average molecular weight is 232 g/mol. The van der Waals surface area contributed by atoms with E-state index in [4.69, 9.17) is 0 Å². The van der Waals surface area contributed by atoms with E-state index in [0.29, 0.717) is 11.8 Å². The number of hydrogen-bond acceptors (Lipinski definition) is 2. The fourth-order valence-corrected chi connectivity index (χ4v) is 1.97. The maximum atomic E-state index is 9.29. The molecule has 1 heterocycles. The van der Waals surface area contributed by atoms with Gasteiger partial charge in [0.2, 0.25) is 0 Å². The number of fused-ring (bicyclic) bond motifs is 1. The van der Waals surface area contributed by atoms with Crippen molar-refractivity contribution >= 4 is 16.6 Å². The molecule has 0 amide bonds. The summed E-state index contributed by atoms with van der Waals surface area (Å²) < 4.78 is 0. The summed E-state index contributed by atoms with van der Waals surface area (Å²) in [6, 6.07) is 8.21. The van der Waals surface area contributed by atoms with E-state index in [-0.39, 0.29) is 6.61 Å². The second-order valence-electron chi connectivity index (χ2n) is 4.82. The number of aromatic amines is 1. The number of nitrogens with one attached hydrogen (secondary N) is 2. The van der Waals surface area contributed by atoms with Crippen LogP contribution in [0.5, 0.6) is 0 Å². The molecule has 1 atom stereocenters. The van der Waals surface area contributed by atoms with Crippen LogP contribution in [0.1, 0.15) is 13.8 Å². The van der Waals surface area contributed by atoms with Crippen LogP contribution in [0.3, 0.4) is 0 Å². The van der Waals surface area contributed by atoms with Gasteiger partial charge in [-0.2, -0.15) is 0 Å². The van der Waals surface area contributed by atoms with Gasteiger partial charge >= 0.3 is 0 Å². The molecule has 0 saturated carbocycles. The van der Waals surface area contributed by atoms with Crippen molar-refractivity contribution in [1.82, 2.24) is 4.98 Å². The summed E-state index contributed by atoms with van der Waals surface area (Å²) in [6.07, 6.45) is 1.99. The molecule has 3 heteroatoms. The minimum absolute atomic E-state index is 0.229. The quantitative estimate of drug-likeness (QED) is 0.742. The minimum Gasteiger partial charge on any atom is -0.396 e. The third kappa shape index (κ3) is 2.61. The van der Waals surface area contributed by atoms with E-state index in [1.54, 1.807) is 0 Å². The first-order chi connectivity index (χ1) is 8.22. The second-order valence-corrected chi connectivity index (χ2v) is 4.82. The van der Waals surface area contributed by atoms with Gasteiger partial charge in [0.15, 0.2) is 0 Å². The number of H-pyrrole nitrogens is 1. The predicted octanol–water partition coefficient (Wildman–Crippen LogP) is 2.84. The van der Waals surface area contributed by atoms with Gasteiger partial charge in [0.05, 0.1) is 5.69 Å². The third-order valence-corrected chi connectivity index (χ3v) is 3.32. The molecule has 0 saturated heterocycles. The number of aliphatic hydroxyl groups is 1. The number of anilines is 1. The summed E-state index contributed by atoms with van der Waals surface area (Å²) in [7, 11) is 0. The molecule has 0 aliphatic carbocycles. The largest absolute Gasteiger partial charge is 0.396 e. The van der Waals surface area contributed by atoms with Crippen LogP contribution in [0.25, 0.3) is 10.9 Å². The predicted molar refractivity (Wildman–Crippen MR) is 72.2 cm³/mol. The van der Waals surface area contributed by atoms with Crippen molar-refractivity contribution in [1.29, 1.82) is 0 Å². The number of hydrogen-bond donors (Lipinski definition) is 3. The Hall–Kier alpha value is -1.48. The highest BCUT2D eigenvalue weighted by Crippen LogP contribution is 2.23. The van der Waals surface area contributed by atoms with Crippen LogP contribution in [-0.4, -0.2) is 23.2 Å². The van der Waals surface area contributed by atoms with E-state index >= 15 is 0 Å². The molecule has 1 unspecified atom stereocenters. The summed E-state index contributed by atoms with van der Waals surface area (Å²) >= 11 is 0. The summed E-state index contributed by atoms with van der Waals surface area (Å²) in [4.78, 5) is 3.23. The molecule has 0 spiro atoms. The lowest BCUT2D eigenvalue weighted by molar-refractivity contribution is 0.198. The monoisotopic (exact) mass is 232 g/mol. The van der Waals surface area contributed by atoms with Crippen molar-refractivity contribution in [3.05, 3.63) is 30.5 Å². The van der Waals surface area contributed by atoms with E-state index in [2.05, 4.69) is 36.3 Å². The van der Waals surface area contributed by atoms with Gasteiger partial charge in [-0.1, -0.05) is 32.0 Å². The van der Waals surface area contributed by atoms with Crippen LogP contribution >= 0.6 is 0 Å². The van der Waals surface area contributed by atoms with E-state index in [1.807, 2.05) is 18.3 Å². The van der Waals surface area contributed by atoms with Crippen LogP contribution in [0.2, 0.25) is 0 Å². The summed E-state index contributed by atoms with van der Waals surface area (Å²) in [5.41, 5.74) is 2.25. The van der Waals surface area contributed by atoms with Crippen LogP contribution in [0, 0.1) is 11.8 Å². The van der Waals surface area contributed by atoms with Gasteiger partial charge in [-0.15, -0.1) is 0 Å². The van der Waals surface area contributed by atoms with Crippen molar-refractivity contribution in [2.45, 2.75) is 13.8 Å². The number of aromatic nitrogens is 1. The van der Waals surface area contributed by atoms with E-state index in [9.17, 15) is 5.11 Å². The number of rotatable bonds is 5. The normalized spacial score (nSPS) is 13.2. The molecular formula is C14H20N2O. The molecule has 2 aromatic rings. The SMILES string of the molecule is CC(C)C(CO)CNc1c[nH]c2ccccc12. The summed E-state index contributed by atoms with van der Waals surface area (Å²) in [5, 5.41) is 13.9. The molecule has 3 N–H and O–H groups in total. The Morgan fingerprint density at radius 2 is 2.06 bits per heavy atom. The second kappa shape index (κ2) is 5.23. The number of benzene rings is 1. The molecule has 1 aromatic heterocycles. The molecular weight excluding hydrogens is 212 g/mol. The first kappa shape index (κ1) is 12.0. The molecule has 1 aromatic carbocycles. The lowest BCUT2D eigenvalue weighted by Gasteiger charge is -2.18. The first-order valence-corrected chi connectivity index (χ1v) is 6.13. The fraction of sp³-hybridized carbons (Fsp3) is 0.429. The van der Waals surface area contributed by atoms with Gasteiger partial charge < -0.3 is 15.4 Å². The zero-order valence-corrected chi connectivity index (χ0v) is 10.4. The van der Waals surface area contributed by atoms with E-state index in [0.717, 1.165) is 17.7 Å². The number of aliphatic hydroxyl groups excluding tert-OH is 1. The topological polar surface area (TPSA) is 48.0 Å². The van der Waals surface area contributed by atoms with Crippen LogP contribution in [0.15, 0.2) is 30.5 Å². The first-order valence-electron chi connectivity index (χ1n) is 6.13. The zero-order chi connectivity index (χ0) is 12.3. The standard InChI is InChI=1S/C14H20N2O/c1-10(2)11(9-17)7-15-14-8-16-13-6-4-3-5-12(13)14/h3-6,8,10-11,15-17H,7,9H2,1-2H3. The maximum absolute atomic E-state index is 9.29. The molecule has 92 valence electrons. The third-order valence-electron chi connectivity index (χ3n) is 3.32. The van der Waals surface area contributed by atoms with Gasteiger partial charge in [0, 0.05) is 36.2 Å². The fourth-order valence-electron chi connectivity index (χ4n) is 1.97. The molecule has 3 nitrogen and oxygen atoms in total. The molecule has 17 heavy (non-hydrogen) atoms. The molecule has 0 aliphatic rings. The zero-order valence-electron chi connectivity index (χ0n) is 10.4. The van der Waals surface area contributed by atoms with Gasteiger partial charge in [-0.05, 0) is 12.0 Å². The van der Waals surface area contributed by atoms with E-state index in [1.165, 1.54) is 5.39 Å². The van der Waals surface area contributed by atoms with Gasteiger partial charge in [-0.3, -0.25) is 0 Å². The maximum Gasteiger partial charge on any atom is 0.0598 e. The summed E-state index contributed by atoms with van der Waals surface area (Å²) in [5.74, 6) is 0.779. The molecule has 0 radical (unpaired) electrons. The highest BCUT2D eigenvalue weighted by atomic mass is 16.3. The lowest BCUT2D eigenvalue weighted by Crippen LogP contribution is -2.22. The number of para-hydroxylation sites is 1. The van der Waals surface area contributed by atoms with Crippen LogP contribution < -0.4 is 5.32 Å². The van der Waals surface area contributed by atoms with Crippen molar-refractivity contribution in [2.75, 3.05) is 18.5 Å². The Labute approximate surface area is 102 Å². The average Bonchev–Trinajstić information content (AvgIpc) is 2.73. The van der Waals surface area contributed by atoms with Gasteiger partial charge in [-0.25, -0.2) is 0 Å². The molecule has 2 rings (SSSR count). The Kier molecular flexibility index (Phi) is 3.69. The van der Waals surface area contributed by atoms with Crippen LogP contribution in [-0.2, 0) is 0 Å². The highest BCUT2D eigenvalue weighted by molar-refractivity contribution is 5.92. The van der Waals surface area contributed by atoms with Gasteiger partial charge in [0.25, 0.3) is 0 Å². The van der Waals surface area contributed by atoms with Crippen molar-refractivity contribution in [3.63, 3.8) is 0 Å². The van der Waals surface area contributed by atoms with Crippen molar-refractivity contribution < 1.29 is 5.11 Å². The minimum atomic E-state index is 0.229. The van der Waals surface area contributed by atoms with Crippen LogP contribution in [0.4, 0.5) is 5.69 Å². The molecule has 0 aliphatic heterocycles. The Morgan fingerprint density at radius 3 is 2.76 bits per heavy atom. The van der Waals surface area contributed by atoms with Crippen molar-refractivity contribution in [3.8, 4) is 0 Å². The van der Waals surface area contributed by atoms with Gasteiger partial charge in [0.1, 0.15) is 0 Å². The Bertz CT molecular complexity index is 476. The highest BCUT2D eigenvalue weighted by Gasteiger charge is 2.12. The van der Waals surface area contributed by atoms with Crippen molar-refractivity contribution in [2.24, 2.45) is 11.8 Å². The molecule has 0 bridgehead atoms. The Balaban J connectivity index is 2.08.